The number of benzene rings is 2. The van der Waals surface area contributed by atoms with E-state index >= 15 is 0 Å². The van der Waals surface area contributed by atoms with Crippen LogP contribution in [0.15, 0.2) is 58.1 Å². The fraction of sp³-hybridized carbons (Fsp3) is 0.235. The normalized spacial score (nSPS) is 18.2. The Balaban J connectivity index is 2.08. The van der Waals surface area contributed by atoms with Crippen LogP contribution in [0.3, 0.4) is 0 Å². The number of anilines is 1. The van der Waals surface area contributed by atoms with E-state index in [1.807, 2.05) is 0 Å². The number of hydrogen-bond donors (Lipinski definition) is 0. The first kappa shape index (κ1) is 19.1. The predicted molar refractivity (Wildman–Crippen MR) is 94.1 cm³/mol. The van der Waals surface area contributed by atoms with Gasteiger partial charge in [0.05, 0.1) is 23.2 Å². The van der Waals surface area contributed by atoms with Crippen LogP contribution >= 0.6 is 27.5 Å². The first-order valence-corrected chi connectivity index (χ1v) is 8.59. The SMILES string of the molecule is FC(F)(F)C(F)(F)C1=NN(c2ccccc2Cl)CC1c1ccc(Br)cc1. The molecule has 1 aliphatic rings. The zero-order chi connectivity index (χ0) is 19.1. The van der Waals surface area contributed by atoms with Crippen LogP contribution in [0, 0.1) is 0 Å². The highest BCUT2D eigenvalue weighted by molar-refractivity contribution is 9.10. The number of hydrogen-bond acceptors (Lipinski definition) is 2. The summed E-state index contributed by atoms with van der Waals surface area (Å²) in [4.78, 5) is 0. The van der Waals surface area contributed by atoms with Gasteiger partial charge in [0, 0.05) is 4.47 Å². The van der Waals surface area contributed by atoms with Crippen molar-refractivity contribution in [3.8, 4) is 0 Å². The smallest absolute Gasteiger partial charge is 0.263 e. The lowest BCUT2D eigenvalue weighted by atomic mass is 9.91. The largest absolute Gasteiger partial charge is 0.459 e. The molecule has 0 amide bonds. The second-order valence-electron chi connectivity index (χ2n) is 5.70. The Morgan fingerprint density at radius 3 is 2.19 bits per heavy atom. The molecule has 0 bridgehead atoms. The van der Waals surface area contributed by atoms with Crippen molar-refractivity contribution >= 4 is 38.9 Å². The molecule has 0 aliphatic carbocycles. The van der Waals surface area contributed by atoms with E-state index in [0.29, 0.717) is 10.0 Å². The molecular formula is C17H11BrClF5N2. The molecule has 138 valence electrons. The van der Waals surface area contributed by atoms with Gasteiger partial charge in [0.25, 0.3) is 0 Å². The molecule has 0 saturated heterocycles. The van der Waals surface area contributed by atoms with E-state index in [9.17, 15) is 22.0 Å². The standard InChI is InChI=1S/C17H11BrClF5N2/c18-11-7-5-10(6-8-11)12-9-26(14-4-2-1-3-13(14)19)25-15(12)16(20,21)17(22,23)24/h1-8,12H,9H2. The van der Waals surface area contributed by atoms with E-state index in [2.05, 4.69) is 21.0 Å². The van der Waals surface area contributed by atoms with Gasteiger partial charge in [-0.3, -0.25) is 5.01 Å². The van der Waals surface area contributed by atoms with Gasteiger partial charge in [0.1, 0.15) is 5.71 Å². The minimum Gasteiger partial charge on any atom is -0.263 e. The summed E-state index contributed by atoms with van der Waals surface area (Å²) < 4.78 is 67.8. The van der Waals surface area contributed by atoms with Crippen LogP contribution in [0.2, 0.25) is 5.02 Å². The molecule has 0 radical (unpaired) electrons. The van der Waals surface area contributed by atoms with Gasteiger partial charge in [0.2, 0.25) is 0 Å². The molecule has 2 nitrogen and oxygen atoms in total. The molecule has 0 aromatic heterocycles. The monoisotopic (exact) mass is 452 g/mol. The van der Waals surface area contributed by atoms with E-state index in [1.165, 1.54) is 24.3 Å². The fourth-order valence-corrected chi connectivity index (χ4v) is 3.20. The summed E-state index contributed by atoms with van der Waals surface area (Å²) in [5.41, 5.74) is -0.665. The number of hydrazone groups is 1. The third-order valence-electron chi connectivity index (χ3n) is 3.99. The zero-order valence-corrected chi connectivity index (χ0v) is 15.3. The van der Waals surface area contributed by atoms with E-state index in [0.717, 1.165) is 5.01 Å². The van der Waals surface area contributed by atoms with Crippen molar-refractivity contribution in [3.05, 3.63) is 63.6 Å². The van der Waals surface area contributed by atoms with Gasteiger partial charge in [-0.15, -0.1) is 0 Å². The molecule has 0 saturated carbocycles. The quantitative estimate of drug-likeness (QED) is 0.501. The molecule has 0 spiro atoms. The first-order valence-electron chi connectivity index (χ1n) is 7.42. The Bertz CT molecular complexity index is 836. The van der Waals surface area contributed by atoms with Crippen molar-refractivity contribution < 1.29 is 22.0 Å². The molecule has 2 aromatic carbocycles. The lowest BCUT2D eigenvalue weighted by molar-refractivity contribution is -0.249. The van der Waals surface area contributed by atoms with Crippen LogP contribution in [0.4, 0.5) is 27.6 Å². The lowest BCUT2D eigenvalue weighted by Crippen LogP contribution is -2.45. The van der Waals surface area contributed by atoms with E-state index < -0.39 is 23.7 Å². The number of alkyl halides is 5. The minimum atomic E-state index is -5.74. The molecule has 9 heteroatoms. The molecular weight excluding hydrogens is 443 g/mol. The lowest BCUT2D eigenvalue weighted by Gasteiger charge is -2.23. The highest BCUT2D eigenvalue weighted by Crippen LogP contribution is 2.44. The molecule has 26 heavy (non-hydrogen) atoms. The summed E-state index contributed by atoms with van der Waals surface area (Å²) in [6, 6.07) is 12.4. The molecule has 1 atom stereocenters. The Morgan fingerprint density at radius 2 is 1.62 bits per heavy atom. The number of rotatable bonds is 3. The molecule has 1 unspecified atom stereocenters. The second-order valence-corrected chi connectivity index (χ2v) is 7.02. The van der Waals surface area contributed by atoms with E-state index in [4.69, 9.17) is 11.6 Å². The Kier molecular flexibility index (Phi) is 5.00. The van der Waals surface area contributed by atoms with Gasteiger partial charge in [0.15, 0.2) is 0 Å². The van der Waals surface area contributed by atoms with Gasteiger partial charge < -0.3 is 0 Å². The van der Waals surface area contributed by atoms with Gasteiger partial charge in [-0.1, -0.05) is 51.8 Å². The second kappa shape index (κ2) is 6.81. The van der Waals surface area contributed by atoms with Gasteiger partial charge >= 0.3 is 12.1 Å². The highest BCUT2D eigenvalue weighted by atomic mass is 79.9. The summed E-state index contributed by atoms with van der Waals surface area (Å²) >= 11 is 9.26. The molecule has 3 rings (SSSR count). The fourth-order valence-electron chi connectivity index (χ4n) is 2.70. The maximum Gasteiger partial charge on any atom is 0.459 e. The summed E-state index contributed by atoms with van der Waals surface area (Å²) in [7, 11) is 0. The van der Waals surface area contributed by atoms with Crippen LogP contribution in [0.5, 0.6) is 0 Å². The van der Waals surface area contributed by atoms with Crippen molar-refractivity contribution in [1.29, 1.82) is 0 Å². The van der Waals surface area contributed by atoms with Crippen LogP contribution in [0.1, 0.15) is 11.5 Å². The van der Waals surface area contributed by atoms with Crippen molar-refractivity contribution in [2.24, 2.45) is 5.10 Å². The van der Waals surface area contributed by atoms with E-state index in [1.54, 1.807) is 24.3 Å². The summed E-state index contributed by atoms with van der Waals surface area (Å²) in [6.45, 7) is -0.174. The Morgan fingerprint density at radius 1 is 1.00 bits per heavy atom. The first-order chi connectivity index (χ1) is 12.1. The Labute approximate surface area is 159 Å². The van der Waals surface area contributed by atoms with Crippen molar-refractivity contribution in [1.82, 2.24) is 0 Å². The van der Waals surface area contributed by atoms with Crippen molar-refractivity contribution in [2.75, 3.05) is 11.6 Å². The topological polar surface area (TPSA) is 15.6 Å². The van der Waals surface area contributed by atoms with Gasteiger partial charge in [-0.05, 0) is 29.8 Å². The zero-order valence-electron chi connectivity index (χ0n) is 12.9. The Hall–Kier alpha value is -1.67. The molecule has 2 aromatic rings. The average molecular weight is 454 g/mol. The van der Waals surface area contributed by atoms with Crippen LogP contribution in [0.25, 0.3) is 0 Å². The number of para-hydroxylation sites is 1. The summed E-state index contributed by atoms with van der Waals surface area (Å²) in [5, 5.41) is 4.92. The van der Waals surface area contributed by atoms with Crippen LogP contribution in [-0.4, -0.2) is 24.4 Å². The van der Waals surface area contributed by atoms with Crippen molar-refractivity contribution in [3.63, 3.8) is 0 Å². The van der Waals surface area contributed by atoms with Gasteiger partial charge in [-0.2, -0.15) is 27.1 Å². The molecule has 0 fully saturated rings. The maximum atomic E-state index is 14.1. The molecule has 1 heterocycles. The van der Waals surface area contributed by atoms with Crippen LogP contribution < -0.4 is 5.01 Å². The minimum absolute atomic E-state index is 0.174. The number of halogens is 7. The molecule has 0 N–H and O–H groups in total. The summed E-state index contributed by atoms with van der Waals surface area (Å²) in [6.07, 6.45) is -5.74. The maximum absolute atomic E-state index is 14.1. The number of nitrogens with zero attached hydrogens (tertiary/aromatic N) is 2. The summed E-state index contributed by atoms with van der Waals surface area (Å²) in [5.74, 6) is -6.28. The average Bonchev–Trinajstić information content (AvgIpc) is 3.00. The third-order valence-corrected chi connectivity index (χ3v) is 4.84. The van der Waals surface area contributed by atoms with Crippen LogP contribution in [-0.2, 0) is 0 Å². The van der Waals surface area contributed by atoms with E-state index in [-0.39, 0.29) is 17.3 Å². The predicted octanol–water partition coefficient (Wildman–Crippen LogP) is 6.26. The van der Waals surface area contributed by atoms with Gasteiger partial charge in [-0.25, -0.2) is 0 Å². The molecule has 1 aliphatic heterocycles. The highest BCUT2D eigenvalue weighted by Gasteiger charge is 2.64. The third kappa shape index (κ3) is 3.44. The van der Waals surface area contributed by atoms with Crippen molar-refractivity contribution in [2.45, 2.75) is 18.0 Å².